The van der Waals surface area contributed by atoms with Crippen LogP contribution in [0.5, 0.6) is 0 Å². The van der Waals surface area contributed by atoms with Gasteiger partial charge in [0.15, 0.2) is 0 Å². The maximum Gasteiger partial charge on any atom is 0.126 e. The fourth-order valence-corrected chi connectivity index (χ4v) is 1.15. The van der Waals surface area contributed by atoms with Crippen LogP contribution in [0, 0.1) is 6.92 Å². The summed E-state index contributed by atoms with van der Waals surface area (Å²) in [5.74, 6) is 0. The summed E-state index contributed by atoms with van der Waals surface area (Å²) >= 11 is 1.46. The summed E-state index contributed by atoms with van der Waals surface area (Å²) in [5.41, 5.74) is 0. The molecule has 1 rings (SSSR count). The van der Waals surface area contributed by atoms with Gasteiger partial charge in [0.25, 0.3) is 0 Å². The van der Waals surface area contributed by atoms with Gasteiger partial charge in [0, 0.05) is 0 Å². The highest BCUT2D eigenvalue weighted by Crippen LogP contribution is 2.06. The maximum absolute atomic E-state index is 9.92. The Kier molecular flexibility index (Phi) is 1.89. The lowest BCUT2D eigenvalue weighted by Crippen LogP contribution is -1.82. The minimum atomic E-state index is 0.394. The van der Waals surface area contributed by atoms with E-state index in [2.05, 4.69) is 10.2 Å². The Hall–Kier alpha value is -0.770. The first-order chi connectivity index (χ1) is 4.33. The van der Waals surface area contributed by atoms with Crippen LogP contribution in [0.1, 0.15) is 10.0 Å². The normalized spacial score (nSPS) is 9.44. The summed E-state index contributed by atoms with van der Waals surface area (Å²) in [5, 5.41) is 9.19. The first-order valence-electron chi connectivity index (χ1n) is 2.55. The predicted octanol–water partition coefficient (Wildman–Crippen LogP) is 0.588. The van der Waals surface area contributed by atoms with Crippen LogP contribution >= 0.6 is 11.3 Å². The molecule has 1 aromatic rings. The van der Waals surface area contributed by atoms with Crippen LogP contribution in [0.25, 0.3) is 0 Å². The molecule has 0 aliphatic heterocycles. The van der Waals surface area contributed by atoms with Crippen molar-refractivity contribution in [1.29, 1.82) is 0 Å². The first-order valence-corrected chi connectivity index (χ1v) is 3.37. The fourth-order valence-electron chi connectivity index (χ4n) is 0.491. The van der Waals surface area contributed by atoms with Gasteiger partial charge in [-0.3, -0.25) is 0 Å². The molecule has 0 N–H and O–H groups in total. The van der Waals surface area contributed by atoms with Gasteiger partial charge in [0.05, 0.1) is 6.42 Å². The van der Waals surface area contributed by atoms with Crippen molar-refractivity contribution in [2.75, 3.05) is 0 Å². The zero-order valence-corrected chi connectivity index (χ0v) is 5.81. The molecule has 0 spiro atoms. The van der Waals surface area contributed by atoms with E-state index in [1.807, 2.05) is 6.92 Å². The Morgan fingerprint density at radius 1 is 1.67 bits per heavy atom. The molecule has 3 nitrogen and oxygen atoms in total. The van der Waals surface area contributed by atoms with E-state index in [9.17, 15) is 4.79 Å². The van der Waals surface area contributed by atoms with E-state index >= 15 is 0 Å². The zero-order valence-electron chi connectivity index (χ0n) is 5.00. The van der Waals surface area contributed by atoms with Crippen molar-refractivity contribution >= 4 is 17.6 Å². The predicted molar refractivity (Wildman–Crippen MR) is 34.4 cm³/mol. The van der Waals surface area contributed by atoms with Crippen LogP contribution in [0.4, 0.5) is 0 Å². The second kappa shape index (κ2) is 2.68. The van der Waals surface area contributed by atoms with Crippen LogP contribution in [0.15, 0.2) is 0 Å². The van der Waals surface area contributed by atoms with Gasteiger partial charge in [-0.2, -0.15) is 0 Å². The van der Waals surface area contributed by atoms with E-state index < -0.39 is 0 Å². The highest BCUT2D eigenvalue weighted by molar-refractivity contribution is 7.11. The summed E-state index contributed by atoms with van der Waals surface area (Å²) in [6, 6.07) is 0. The molecule has 4 heteroatoms. The average molecular weight is 142 g/mol. The Labute approximate surface area is 56.7 Å². The van der Waals surface area contributed by atoms with Crippen LogP contribution in [-0.4, -0.2) is 16.5 Å². The van der Waals surface area contributed by atoms with Gasteiger partial charge in [0.2, 0.25) is 0 Å². The lowest BCUT2D eigenvalue weighted by molar-refractivity contribution is -0.107. The molecule has 0 amide bonds. The summed E-state index contributed by atoms with van der Waals surface area (Å²) in [6.45, 7) is 1.87. The quantitative estimate of drug-likeness (QED) is 0.567. The molecule has 0 fully saturated rings. The third-order valence-electron chi connectivity index (χ3n) is 0.826. The standard InChI is InChI=1S/C5H6N2OS/c1-4-6-7-5(9-4)2-3-8/h3H,2H2,1H3. The van der Waals surface area contributed by atoms with E-state index in [0.29, 0.717) is 6.42 Å². The summed E-state index contributed by atoms with van der Waals surface area (Å²) in [7, 11) is 0. The number of aldehydes is 1. The van der Waals surface area contributed by atoms with Gasteiger partial charge >= 0.3 is 0 Å². The second-order valence-corrected chi connectivity index (χ2v) is 2.85. The van der Waals surface area contributed by atoms with E-state index in [1.54, 1.807) is 0 Å². The van der Waals surface area contributed by atoms with Crippen LogP contribution in [0.2, 0.25) is 0 Å². The van der Waals surface area contributed by atoms with Gasteiger partial charge < -0.3 is 4.79 Å². The van der Waals surface area contributed by atoms with Crippen LogP contribution in [0.3, 0.4) is 0 Å². The molecule has 0 saturated heterocycles. The molecule has 0 aromatic carbocycles. The number of hydrogen-bond donors (Lipinski definition) is 0. The van der Waals surface area contributed by atoms with Crippen molar-refractivity contribution in [3.05, 3.63) is 10.0 Å². The maximum atomic E-state index is 9.92. The Bertz CT molecular complexity index is 208. The molecule has 0 bridgehead atoms. The monoisotopic (exact) mass is 142 g/mol. The lowest BCUT2D eigenvalue weighted by Gasteiger charge is -1.75. The molecule has 0 unspecified atom stereocenters. The number of rotatable bonds is 2. The van der Waals surface area contributed by atoms with E-state index in [4.69, 9.17) is 0 Å². The Morgan fingerprint density at radius 2 is 2.44 bits per heavy atom. The average Bonchev–Trinajstić information content (AvgIpc) is 2.17. The largest absolute Gasteiger partial charge is 0.303 e. The van der Waals surface area contributed by atoms with Crippen molar-refractivity contribution in [2.24, 2.45) is 0 Å². The van der Waals surface area contributed by atoms with Crippen LogP contribution < -0.4 is 0 Å². The van der Waals surface area contributed by atoms with Gasteiger partial charge in [0.1, 0.15) is 16.3 Å². The van der Waals surface area contributed by atoms with Crippen LogP contribution in [-0.2, 0) is 11.2 Å². The Balaban J connectivity index is 2.72. The molecule has 0 aliphatic rings. The van der Waals surface area contributed by atoms with Gasteiger partial charge in [-0.05, 0) is 6.92 Å². The van der Waals surface area contributed by atoms with Gasteiger partial charge in [-0.15, -0.1) is 21.5 Å². The smallest absolute Gasteiger partial charge is 0.126 e. The molecule has 0 atom stereocenters. The van der Waals surface area contributed by atoms with E-state index in [0.717, 1.165) is 16.3 Å². The summed E-state index contributed by atoms with van der Waals surface area (Å²) < 4.78 is 0. The summed E-state index contributed by atoms with van der Waals surface area (Å²) in [6.07, 6.45) is 1.23. The van der Waals surface area contributed by atoms with Crippen molar-refractivity contribution < 1.29 is 4.79 Å². The molecule has 9 heavy (non-hydrogen) atoms. The van der Waals surface area contributed by atoms with E-state index in [-0.39, 0.29) is 0 Å². The molecule has 0 radical (unpaired) electrons. The Morgan fingerprint density at radius 3 is 2.89 bits per heavy atom. The van der Waals surface area contributed by atoms with Crippen molar-refractivity contribution in [3.8, 4) is 0 Å². The molecule has 48 valence electrons. The van der Waals surface area contributed by atoms with Crippen molar-refractivity contribution in [2.45, 2.75) is 13.3 Å². The molecule has 0 aliphatic carbocycles. The van der Waals surface area contributed by atoms with Crippen molar-refractivity contribution in [1.82, 2.24) is 10.2 Å². The number of aryl methyl sites for hydroxylation is 1. The first kappa shape index (κ1) is 6.35. The fraction of sp³-hybridized carbons (Fsp3) is 0.400. The van der Waals surface area contributed by atoms with E-state index in [1.165, 1.54) is 11.3 Å². The SMILES string of the molecule is Cc1nnc(CC=O)s1. The zero-order chi connectivity index (χ0) is 6.69. The minimum absolute atomic E-state index is 0.394. The molecule has 0 saturated carbocycles. The third kappa shape index (κ3) is 1.57. The highest BCUT2D eigenvalue weighted by atomic mass is 32.1. The topological polar surface area (TPSA) is 42.9 Å². The number of aromatic nitrogens is 2. The summed E-state index contributed by atoms with van der Waals surface area (Å²) in [4.78, 5) is 9.92. The molecular formula is C5H6N2OS. The second-order valence-electron chi connectivity index (χ2n) is 1.59. The molecule has 1 aromatic heterocycles. The molecule has 1 heterocycles. The van der Waals surface area contributed by atoms with Gasteiger partial charge in [-0.25, -0.2) is 0 Å². The highest BCUT2D eigenvalue weighted by Gasteiger charge is 1.96. The minimum Gasteiger partial charge on any atom is -0.303 e. The third-order valence-corrected chi connectivity index (χ3v) is 1.69. The number of nitrogens with zero attached hydrogens (tertiary/aromatic N) is 2. The number of hydrogen-bond acceptors (Lipinski definition) is 4. The number of carbonyl (C=O) groups excluding carboxylic acids is 1. The molecular weight excluding hydrogens is 136 g/mol. The van der Waals surface area contributed by atoms with Gasteiger partial charge in [-0.1, -0.05) is 0 Å². The van der Waals surface area contributed by atoms with Crippen molar-refractivity contribution in [3.63, 3.8) is 0 Å². The lowest BCUT2D eigenvalue weighted by atomic mass is 10.5. The number of carbonyl (C=O) groups is 1.